The van der Waals surface area contributed by atoms with Crippen molar-refractivity contribution in [1.82, 2.24) is 38.7 Å². The SMILES string of the molecule is C1CCOC1.COC(=O)CC(c1cncn1[C@H](C)c1ccc(F)cc1)N1CCN(C(=O)OC(C)(C)C)CC1.C[C@H](c1ccc(F)cc1)n1cncc1C(CCO)N1CCN(C(=O)OC(C)(C)C)CC1.[AlH3].[H-].[Li+]. The van der Waals surface area contributed by atoms with Gasteiger partial charge in [0.1, 0.15) is 22.8 Å². The molecule has 3 aliphatic heterocycles. The molecule has 5 heterocycles. The normalized spacial score (nSPS) is 17.1. The van der Waals surface area contributed by atoms with E-state index < -0.39 is 11.2 Å². The second-order valence-corrected chi connectivity index (χ2v) is 19.6. The quantitative estimate of drug-likeness (QED) is 0.123. The van der Waals surface area contributed by atoms with Crippen LogP contribution >= 0.6 is 0 Å². The molecule has 388 valence electrons. The number of imidazole rings is 2. The molecule has 2 aromatic heterocycles. The van der Waals surface area contributed by atoms with Gasteiger partial charge in [-0.15, -0.1) is 0 Å². The number of carbonyl (C=O) groups is 3. The summed E-state index contributed by atoms with van der Waals surface area (Å²) in [4.78, 5) is 53.7. The van der Waals surface area contributed by atoms with Crippen LogP contribution < -0.4 is 18.9 Å². The number of aliphatic hydroxyl groups excluding tert-OH is 1. The van der Waals surface area contributed by atoms with E-state index in [1.54, 1.807) is 52.9 Å². The van der Waals surface area contributed by atoms with Gasteiger partial charge in [0.15, 0.2) is 17.4 Å². The summed E-state index contributed by atoms with van der Waals surface area (Å²) < 4.78 is 51.7. The first-order chi connectivity index (χ1) is 32.8. The van der Waals surface area contributed by atoms with Gasteiger partial charge in [-0.05, 0) is 110 Å². The number of aromatic nitrogens is 4. The largest absolute Gasteiger partial charge is 1.00 e. The molecule has 2 unspecified atom stereocenters. The van der Waals surface area contributed by atoms with Crippen molar-refractivity contribution in [3.63, 3.8) is 0 Å². The third-order valence-corrected chi connectivity index (χ3v) is 12.2. The Labute approximate surface area is 443 Å². The molecule has 0 bridgehead atoms. The van der Waals surface area contributed by atoms with Gasteiger partial charge in [-0.3, -0.25) is 14.6 Å². The minimum atomic E-state index is -0.551. The van der Waals surface area contributed by atoms with Crippen LogP contribution in [0.25, 0.3) is 0 Å². The Balaban J connectivity index is 0.000000432. The van der Waals surface area contributed by atoms with E-state index in [-0.39, 0.29) is 105 Å². The Morgan fingerprint density at radius 2 is 1.06 bits per heavy atom. The first-order valence-corrected chi connectivity index (χ1v) is 24.0. The zero-order valence-electron chi connectivity index (χ0n) is 44.0. The number of hydrogen-bond donors (Lipinski definition) is 1. The standard InChI is InChI=1S/C24H33FN4O4.C23H33FN4O3.C4H8O.Al.Li.4H/c1-17(18-6-8-19(25)9-7-18)29-16-26-15-21(29)20(14-22(30)32-5)27-10-12-28(13-11-27)23(31)33-24(2,3)4;1-17(18-5-7-19(24)8-6-18)28-16-25-15-21(28)20(9-14-29)26-10-12-27(13-11-26)22(30)31-23(2,3)4;1-2-4-5-3-1;;;;;;/h6-9,15-17,20H,10-14H2,1-5H3;5-8,15-17,20,29H,9-14H2,1-4H3;1-4H2;;;;;;/q;;;;+1;;;;-1/t2*17-,20?;;;;;;;/m11......./s1. The van der Waals surface area contributed by atoms with Crippen LogP contribution in [0.1, 0.15) is 129 Å². The third kappa shape index (κ3) is 18.6. The van der Waals surface area contributed by atoms with Crippen molar-refractivity contribution >= 4 is 35.5 Å². The Morgan fingerprint density at radius 1 is 0.676 bits per heavy atom. The fraction of sp³-hybridized carbons (Fsp3) is 0.588. The molecule has 4 aromatic rings. The Kier molecular flexibility index (Phi) is 24.8. The van der Waals surface area contributed by atoms with Gasteiger partial charge in [0.25, 0.3) is 0 Å². The first kappa shape index (κ1) is 61.0. The monoisotopic (exact) mass is 1000 g/mol. The van der Waals surface area contributed by atoms with E-state index in [0.717, 1.165) is 35.7 Å². The third-order valence-electron chi connectivity index (χ3n) is 12.2. The van der Waals surface area contributed by atoms with E-state index in [0.29, 0.717) is 58.8 Å². The van der Waals surface area contributed by atoms with Gasteiger partial charge in [0, 0.05) is 84.6 Å². The fourth-order valence-electron chi connectivity index (χ4n) is 8.49. The molecular formula is C51H78AlF2LiN8O8. The number of carbonyl (C=O) groups excluding carboxylic acids is 3. The van der Waals surface area contributed by atoms with Crippen LogP contribution in [0, 0.1) is 11.6 Å². The van der Waals surface area contributed by atoms with Crippen LogP contribution in [0.3, 0.4) is 0 Å². The van der Waals surface area contributed by atoms with Crippen LogP contribution in [-0.2, 0) is 23.7 Å². The number of amides is 2. The Morgan fingerprint density at radius 3 is 1.39 bits per heavy atom. The summed E-state index contributed by atoms with van der Waals surface area (Å²) in [6, 6.07) is 12.4. The summed E-state index contributed by atoms with van der Waals surface area (Å²) in [5.41, 5.74) is 2.71. The predicted octanol–water partition coefficient (Wildman–Crippen LogP) is 4.13. The first-order valence-electron chi connectivity index (χ1n) is 24.0. The molecule has 2 aromatic carbocycles. The summed E-state index contributed by atoms with van der Waals surface area (Å²) in [6.45, 7) is 21.9. The minimum absolute atomic E-state index is 0. The van der Waals surface area contributed by atoms with Crippen LogP contribution in [0.2, 0.25) is 0 Å². The number of aliphatic hydroxyl groups is 1. The number of esters is 1. The Hall–Kier alpha value is -4.30. The number of halogens is 2. The van der Waals surface area contributed by atoms with E-state index in [1.807, 2.05) is 59.2 Å². The molecule has 3 saturated heterocycles. The zero-order chi connectivity index (χ0) is 50.3. The zero-order valence-corrected chi connectivity index (χ0v) is 43.0. The summed E-state index contributed by atoms with van der Waals surface area (Å²) in [5, 5.41) is 9.73. The van der Waals surface area contributed by atoms with Crippen molar-refractivity contribution in [3.8, 4) is 0 Å². The van der Waals surface area contributed by atoms with Crippen molar-refractivity contribution in [2.45, 2.75) is 116 Å². The maximum atomic E-state index is 13.4. The van der Waals surface area contributed by atoms with Crippen molar-refractivity contribution < 1.29 is 67.5 Å². The van der Waals surface area contributed by atoms with Gasteiger partial charge in [-0.2, -0.15) is 0 Å². The smallest absolute Gasteiger partial charge is 1.00 e. The minimum Gasteiger partial charge on any atom is -1.00 e. The predicted molar refractivity (Wildman–Crippen MR) is 269 cm³/mol. The van der Waals surface area contributed by atoms with Gasteiger partial charge in [0.05, 0.1) is 61.7 Å². The summed E-state index contributed by atoms with van der Waals surface area (Å²) in [6.07, 6.45) is 9.76. The molecule has 3 fully saturated rings. The van der Waals surface area contributed by atoms with Crippen LogP contribution in [0.5, 0.6) is 0 Å². The van der Waals surface area contributed by atoms with Crippen LogP contribution in [0.4, 0.5) is 18.4 Å². The van der Waals surface area contributed by atoms with E-state index in [2.05, 4.69) is 31.3 Å². The molecule has 2 amide bonds. The molecule has 4 atom stereocenters. The summed E-state index contributed by atoms with van der Waals surface area (Å²) in [5.74, 6) is -0.872. The van der Waals surface area contributed by atoms with Gasteiger partial charge < -0.3 is 44.4 Å². The summed E-state index contributed by atoms with van der Waals surface area (Å²) in [7, 11) is 1.37. The molecular weight excluding hydrogens is 925 g/mol. The van der Waals surface area contributed by atoms with Crippen molar-refractivity contribution in [2.75, 3.05) is 79.3 Å². The number of ether oxygens (including phenoxy) is 4. The number of nitrogens with zero attached hydrogens (tertiary/aromatic N) is 8. The molecule has 0 aliphatic carbocycles. The molecule has 20 heteroatoms. The van der Waals surface area contributed by atoms with E-state index in [1.165, 1.54) is 44.2 Å². The van der Waals surface area contributed by atoms with Gasteiger partial charge in [-0.25, -0.2) is 28.3 Å². The molecule has 1 N–H and O–H groups in total. The maximum Gasteiger partial charge on any atom is 1.00 e. The van der Waals surface area contributed by atoms with Gasteiger partial charge in [0.2, 0.25) is 0 Å². The van der Waals surface area contributed by atoms with Crippen molar-refractivity contribution in [2.24, 2.45) is 0 Å². The second-order valence-electron chi connectivity index (χ2n) is 19.6. The molecule has 0 radical (unpaired) electrons. The van der Waals surface area contributed by atoms with E-state index in [4.69, 9.17) is 18.9 Å². The summed E-state index contributed by atoms with van der Waals surface area (Å²) >= 11 is 0. The molecule has 3 aliphatic rings. The van der Waals surface area contributed by atoms with Gasteiger partial charge >= 0.3 is 37.0 Å². The van der Waals surface area contributed by atoms with Crippen molar-refractivity contribution in [3.05, 3.63) is 108 Å². The van der Waals surface area contributed by atoms with Crippen LogP contribution in [0.15, 0.2) is 73.6 Å². The number of benzene rings is 2. The fourth-order valence-corrected chi connectivity index (χ4v) is 8.49. The molecule has 7 rings (SSSR count). The van der Waals surface area contributed by atoms with Gasteiger partial charge in [-0.1, -0.05) is 24.3 Å². The number of hydrogen-bond acceptors (Lipinski definition) is 12. The topological polar surface area (TPSA) is 157 Å². The average molecular weight is 1000 g/mol. The second kappa shape index (κ2) is 28.8. The maximum absolute atomic E-state index is 13.4. The molecule has 71 heavy (non-hydrogen) atoms. The molecule has 0 saturated carbocycles. The van der Waals surface area contributed by atoms with E-state index >= 15 is 0 Å². The number of rotatable bonds is 12. The van der Waals surface area contributed by atoms with Crippen LogP contribution in [-0.4, -0.2) is 170 Å². The molecule has 16 nitrogen and oxygen atoms in total. The average Bonchev–Trinajstić information content (AvgIpc) is 4.15. The Bertz CT molecular complexity index is 2200. The molecule has 0 spiro atoms. The number of methoxy groups -OCH3 is 1. The van der Waals surface area contributed by atoms with Crippen molar-refractivity contribution in [1.29, 1.82) is 0 Å². The van der Waals surface area contributed by atoms with E-state index in [9.17, 15) is 28.3 Å². The number of piperazine rings is 2.